The second kappa shape index (κ2) is 6.89. The van der Waals surface area contributed by atoms with Crippen LogP contribution in [0.3, 0.4) is 0 Å². The molecule has 1 amide bonds. The second-order valence-electron chi connectivity index (χ2n) is 5.48. The number of hydrogen-bond acceptors (Lipinski definition) is 5. The van der Waals surface area contributed by atoms with Crippen molar-refractivity contribution in [2.45, 2.75) is 5.16 Å². The van der Waals surface area contributed by atoms with Crippen LogP contribution in [0.1, 0.15) is 0 Å². The van der Waals surface area contributed by atoms with Crippen LogP contribution in [-0.4, -0.2) is 36.4 Å². The molecule has 0 radical (unpaired) electrons. The summed E-state index contributed by atoms with van der Waals surface area (Å²) in [7, 11) is 0. The van der Waals surface area contributed by atoms with Crippen LogP contribution < -0.4 is 11.0 Å². The molecule has 2 heterocycles. The van der Waals surface area contributed by atoms with E-state index >= 15 is 0 Å². The third-order valence-corrected chi connectivity index (χ3v) is 4.48. The molecule has 2 aromatic carbocycles. The summed E-state index contributed by atoms with van der Waals surface area (Å²) in [6.07, 6.45) is 1.62. The van der Waals surface area contributed by atoms with Gasteiger partial charge in [-0.25, -0.2) is 14.5 Å². The van der Waals surface area contributed by atoms with Gasteiger partial charge in [0.15, 0.2) is 0 Å². The van der Waals surface area contributed by atoms with E-state index in [9.17, 15) is 9.59 Å². The standard InChI is InChI=1S/C17H14N6O2S/c24-15(19-11-6-7-13-14(8-11)21-16(25)20-13)9-26-17-18-10-23(22-17)12-4-2-1-3-5-12/h1-8,10H,9H2,(H,19,24)(H2,20,21,25). The van der Waals surface area contributed by atoms with Crippen molar-refractivity contribution in [3.05, 3.63) is 65.3 Å². The summed E-state index contributed by atoms with van der Waals surface area (Å²) in [5, 5.41) is 7.66. The molecule has 0 fully saturated rings. The number of nitrogens with zero attached hydrogens (tertiary/aromatic N) is 3. The summed E-state index contributed by atoms with van der Waals surface area (Å²) >= 11 is 1.25. The Bertz CT molecular complexity index is 1110. The molecule has 0 aliphatic rings. The normalized spacial score (nSPS) is 10.9. The van der Waals surface area contributed by atoms with Gasteiger partial charge in [-0.05, 0) is 30.3 Å². The zero-order valence-electron chi connectivity index (χ0n) is 13.5. The fourth-order valence-electron chi connectivity index (χ4n) is 2.46. The van der Waals surface area contributed by atoms with Gasteiger partial charge in [0.25, 0.3) is 0 Å². The number of H-pyrrole nitrogens is 2. The van der Waals surface area contributed by atoms with Crippen molar-refractivity contribution in [2.75, 3.05) is 11.1 Å². The summed E-state index contributed by atoms with van der Waals surface area (Å²) < 4.78 is 1.66. The molecule has 130 valence electrons. The quantitative estimate of drug-likeness (QED) is 0.469. The maximum Gasteiger partial charge on any atom is 0.323 e. The number of carbonyl (C=O) groups excluding carboxylic acids is 1. The molecule has 4 rings (SSSR count). The van der Waals surface area contributed by atoms with E-state index in [1.807, 2.05) is 30.3 Å². The molecule has 0 bridgehead atoms. The van der Waals surface area contributed by atoms with Gasteiger partial charge in [-0.1, -0.05) is 30.0 Å². The van der Waals surface area contributed by atoms with Crippen molar-refractivity contribution in [1.29, 1.82) is 0 Å². The third-order valence-electron chi connectivity index (χ3n) is 3.62. The number of hydrogen-bond donors (Lipinski definition) is 3. The van der Waals surface area contributed by atoms with Crippen LogP contribution in [0.25, 0.3) is 16.7 Å². The predicted molar refractivity (Wildman–Crippen MR) is 99.6 cm³/mol. The number of para-hydroxylation sites is 1. The summed E-state index contributed by atoms with van der Waals surface area (Å²) in [4.78, 5) is 32.9. The minimum absolute atomic E-state index is 0.178. The summed E-state index contributed by atoms with van der Waals surface area (Å²) in [5.41, 5.74) is 2.58. The number of benzene rings is 2. The Morgan fingerprint density at radius 3 is 2.77 bits per heavy atom. The van der Waals surface area contributed by atoms with E-state index in [1.165, 1.54) is 11.8 Å². The molecule has 0 unspecified atom stereocenters. The number of fused-ring (bicyclic) bond motifs is 1. The van der Waals surface area contributed by atoms with Crippen molar-refractivity contribution in [3.63, 3.8) is 0 Å². The van der Waals surface area contributed by atoms with E-state index in [-0.39, 0.29) is 17.3 Å². The number of aromatic nitrogens is 5. The van der Waals surface area contributed by atoms with Gasteiger partial charge in [0.1, 0.15) is 6.33 Å². The molecule has 2 aromatic heterocycles. The summed E-state index contributed by atoms with van der Waals surface area (Å²) in [5.74, 6) is 0.00354. The van der Waals surface area contributed by atoms with E-state index in [0.29, 0.717) is 21.9 Å². The Hall–Kier alpha value is -3.33. The molecule has 0 saturated carbocycles. The predicted octanol–water partition coefficient (Wildman–Crippen LogP) is 2.17. The first-order chi connectivity index (χ1) is 12.7. The number of rotatable bonds is 5. The van der Waals surface area contributed by atoms with Gasteiger partial charge in [-0.3, -0.25) is 4.79 Å². The van der Waals surface area contributed by atoms with Crippen LogP contribution in [0.5, 0.6) is 0 Å². The Balaban J connectivity index is 1.37. The average Bonchev–Trinajstić information content (AvgIpc) is 3.26. The van der Waals surface area contributed by atoms with Crippen molar-refractivity contribution < 1.29 is 4.79 Å². The number of imidazole rings is 1. The van der Waals surface area contributed by atoms with Gasteiger partial charge in [-0.2, -0.15) is 0 Å². The van der Waals surface area contributed by atoms with Gasteiger partial charge in [0.05, 0.1) is 22.5 Å². The molecule has 0 aliphatic heterocycles. The van der Waals surface area contributed by atoms with Crippen LogP contribution in [0.2, 0.25) is 0 Å². The molecule has 3 N–H and O–H groups in total. The van der Waals surface area contributed by atoms with E-state index in [2.05, 4.69) is 25.4 Å². The Labute approximate surface area is 151 Å². The molecule has 0 saturated heterocycles. The van der Waals surface area contributed by atoms with E-state index in [0.717, 1.165) is 5.69 Å². The van der Waals surface area contributed by atoms with Gasteiger partial charge < -0.3 is 15.3 Å². The monoisotopic (exact) mass is 366 g/mol. The zero-order chi connectivity index (χ0) is 17.9. The van der Waals surface area contributed by atoms with Crippen LogP contribution in [0.4, 0.5) is 5.69 Å². The minimum Gasteiger partial charge on any atom is -0.325 e. The van der Waals surface area contributed by atoms with Gasteiger partial charge >= 0.3 is 5.69 Å². The SMILES string of the molecule is O=C(CSc1ncn(-c2ccccc2)n1)Nc1ccc2[nH]c(=O)[nH]c2c1. The number of carbonyl (C=O) groups is 1. The topological polar surface area (TPSA) is 108 Å². The Kier molecular flexibility index (Phi) is 4.28. The first-order valence-electron chi connectivity index (χ1n) is 7.79. The highest BCUT2D eigenvalue weighted by atomic mass is 32.2. The smallest absolute Gasteiger partial charge is 0.323 e. The molecule has 9 heteroatoms. The first kappa shape index (κ1) is 16.2. The summed E-state index contributed by atoms with van der Waals surface area (Å²) in [6, 6.07) is 14.8. The number of nitrogens with one attached hydrogen (secondary N) is 3. The number of anilines is 1. The van der Waals surface area contributed by atoms with Gasteiger partial charge in [0, 0.05) is 5.69 Å². The van der Waals surface area contributed by atoms with Crippen LogP contribution >= 0.6 is 11.8 Å². The highest BCUT2D eigenvalue weighted by molar-refractivity contribution is 7.99. The Morgan fingerprint density at radius 1 is 1.12 bits per heavy atom. The third kappa shape index (κ3) is 3.52. The first-order valence-corrected chi connectivity index (χ1v) is 8.78. The fraction of sp³-hybridized carbons (Fsp3) is 0.0588. The van der Waals surface area contributed by atoms with Crippen LogP contribution in [0, 0.1) is 0 Å². The average molecular weight is 366 g/mol. The van der Waals surface area contributed by atoms with Gasteiger partial charge in [0.2, 0.25) is 11.1 Å². The molecule has 26 heavy (non-hydrogen) atoms. The largest absolute Gasteiger partial charge is 0.325 e. The number of aromatic amines is 2. The lowest BCUT2D eigenvalue weighted by atomic mass is 10.3. The highest BCUT2D eigenvalue weighted by Gasteiger charge is 2.09. The van der Waals surface area contributed by atoms with Crippen molar-refractivity contribution in [3.8, 4) is 5.69 Å². The van der Waals surface area contributed by atoms with E-state index < -0.39 is 0 Å². The molecule has 8 nitrogen and oxygen atoms in total. The van der Waals surface area contributed by atoms with Crippen molar-refractivity contribution in [1.82, 2.24) is 24.7 Å². The molecule has 0 spiro atoms. The van der Waals surface area contributed by atoms with Crippen LogP contribution in [-0.2, 0) is 4.79 Å². The summed E-state index contributed by atoms with van der Waals surface area (Å²) in [6.45, 7) is 0. The van der Waals surface area contributed by atoms with Gasteiger partial charge in [-0.15, -0.1) is 5.10 Å². The maximum atomic E-state index is 12.1. The Morgan fingerprint density at radius 2 is 1.92 bits per heavy atom. The fourth-order valence-corrected chi connectivity index (χ4v) is 3.06. The van der Waals surface area contributed by atoms with Crippen LogP contribution in [0.15, 0.2) is 64.8 Å². The second-order valence-corrected chi connectivity index (χ2v) is 6.43. The number of amides is 1. The van der Waals surface area contributed by atoms with E-state index in [4.69, 9.17) is 0 Å². The molecule has 4 aromatic rings. The molecule has 0 aliphatic carbocycles. The zero-order valence-corrected chi connectivity index (χ0v) is 14.3. The maximum absolute atomic E-state index is 12.1. The van der Waals surface area contributed by atoms with E-state index in [1.54, 1.807) is 29.2 Å². The lowest BCUT2D eigenvalue weighted by Gasteiger charge is -2.04. The molecular weight excluding hydrogens is 352 g/mol. The minimum atomic E-state index is -0.279. The lowest BCUT2D eigenvalue weighted by molar-refractivity contribution is -0.113. The molecule has 0 atom stereocenters. The molecular formula is C17H14N6O2S. The highest BCUT2D eigenvalue weighted by Crippen LogP contribution is 2.17. The number of thioether (sulfide) groups is 1. The van der Waals surface area contributed by atoms with Crippen molar-refractivity contribution in [2.24, 2.45) is 0 Å². The van der Waals surface area contributed by atoms with Crippen molar-refractivity contribution >= 4 is 34.4 Å². The lowest BCUT2D eigenvalue weighted by Crippen LogP contribution is -2.14.